The van der Waals surface area contributed by atoms with Crippen LogP contribution in [0.2, 0.25) is 0 Å². The monoisotopic (exact) mass is 313 g/mol. The average Bonchev–Trinajstić information content (AvgIpc) is 2.39. The van der Waals surface area contributed by atoms with Gasteiger partial charge in [0.15, 0.2) is 0 Å². The summed E-state index contributed by atoms with van der Waals surface area (Å²) >= 11 is 3.38. The standard InChI is InChI=1S/C14H20BrNO2/c1-3-9-16(10-8-15)14(17)11-12-6-4-5-7-13(12)18-2/h4-7H,3,8-11H2,1-2H3. The van der Waals surface area contributed by atoms with Gasteiger partial charge in [-0.2, -0.15) is 0 Å². The number of carbonyl (C=O) groups is 1. The van der Waals surface area contributed by atoms with E-state index in [1.165, 1.54) is 0 Å². The molecule has 3 nitrogen and oxygen atoms in total. The highest BCUT2D eigenvalue weighted by molar-refractivity contribution is 9.09. The van der Waals surface area contributed by atoms with Gasteiger partial charge in [0.05, 0.1) is 13.5 Å². The highest BCUT2D eigenvalue weighted by Gasteiger charge is 2.14. The summed E-state index contributed by atoms with van der Waals surface area (Å²) in [4.78, 5) is 14.1. The van der Waals surface area contributed by atoms with Gasteiger partial charge in [-0.3, -0.25) is 4.79 Å². The van der Waals surface area contributed by atoms with Crippen LogP contribution in [0.15, 0.2) is 24.3 Å². The molecule has 100 valence electrons. The van der Waals surface area contributed by atoms with Crippen molar-refractivity contribution in [3.63, 3.8) is 0 Å². The van der Waals surface area contributed by atoms with Gasteiger partial charge in [-0.15, -0.1) is 0 Å². The summed E-state index contributed by atoms with van der Waals surface area (Å²) in [5.74, 6) is 0.932. The molecule has 0 aromatic heterocycles. The summed E-state index contributed by atoms with van der Waals surface area (Å²) in [5.41, 5.74) is 0.945. The summed E-state index contributed by atoms with van der Waals surface area (Å²) in [7, 11) is 1.63. The Morgan fingerprint density at radius 2 is 2.06 bits per heavy atom. The number of methoxy groups -OCH3 is 1. The van der Waals surface area contributed by atoms with Gasteiger partial charge in [-0.25, -0.2) is 0 Å². The van der Waals surface area contributed by atoms with Gasteiger partial charge in [0.25, 0.3) is 0 Å². The summed E-state index contributed by atoms with van der Waals surface area (Å²) in [5, 5.41) is 0.810. The van der Waals surface area contributed by atoms with Crippen molar-refractivity contribution >= 4 is 21.8 Å². The van der Waals surface area contributed by atoms with E-state index < -0.39 is 0 Å². The molecule has 0 atom stereocenters. The van der Waals surface area contributed by atoms with Crippen LogP contribution in [0.4, 0.5) is 0 Å². The van der Waals surface area contributed by atoms with Crippen molar-refractivity contribution in [2.45, 2.75) is 19.8 Å². The summed E-state index contributed by atoms with van der Waals surface area (Å²) < 4.78 is 5.27. The number of ether oxygens (including phenoxy) is 1. The molecule has 1 aromatic carbocycles. The Kier molecular flexibility index (Phi) is 6.80. The minimum absolute atomic E-state index is 0.154. The highest BCUT2D eigenvalue weighted by atomic mass is 79.9. The molecule has 0 saturated carbocycles. The average molecular weight is 314 g/mol. The van der Waals surface area contributed by atoms with Crippen molar-refractivity contribution in [3.05, 3.63) is 29.8 Å². The molecule has 18 heavy (non-hydrogen) atoms. The van der Waals surface area contributed by atoms with Crippen LogP contribution in [-0.4, -0.2) is 36.3 Å². The lowest BCUT2D eigenvalue weighted by Gasteiger charge is -2.21. The number of halogens is 1. The minimum Gasteiger partial charge on any atom is -0.496 e. The molecule has 0 radical (unpaired) electrons. The Morgan fingerprint density at radius 1 is 1.33 bits per heavy atom. The SMILES string of the molecule is CCCN(CCBr)C(=O)Cc1ccccc1OC. The van der Waals surface area contributed by atoms with E-state index in [2.05, 4.69) is 22.9 Å². The van der Waals surface area contributed by atoms with Gasteiger partial charge in [0, 0.05) is 24.0 Å². The number of hydrogen-bond acceptors (Lipinski definition) is 2. The van der Waals surface area contributed by atoms with Gasteiger partial charge in [0.1, 0.15) is 5.75 Å². The smallest absolute Gasteiger partial charge is 0.227 e. The predicted octanol–water partition coefficient (Wildman–Crippen LogP) is 2.87. The Labute approximate surface area is 117 Å². The molecule has 1 rings (SSSR count). The highest BCUT2D eigenvalue weighted by Crippen LogP contribution is 2.18. The number of alkyl halides is 1. The first-order chi connectivity index (χ1) is 8.72. The van der Waals surface area contributed by atoms with Gasteiger partial charge in [-0.1, -0.05) is 41.1 Å². The molecule has 0 N–H and O–H groups in total. The van der Waals surface area contributed by atoms with E-state index >= 15 is 0 Å². The molecule has 0 aliphatic heterocycles. The van der Waals surface area contributed by atoms with Crippen LogP contribution in [0.3, 0.4) is 0 Å². The number of benzene rings is 1. The first-order valence-electron chi connectivity index (χ1n) is 6.18. The molecule has 0 saturated heterocycles. The molecule has 1 aromatic rings. The maximum absolute atomic E-state index is 12.2. The molecule has 0 unspecified atom stereocenters. The van der Waals surface area contributed by atoms with Crippen molar-refractivity contribution in [1.29, 1.82) is 0 Å². The topological polar surface area (TPSA) is 29.5 Å². The largest absolute Gasteiger partial charge is 0.496 e. The van der Waals surface area contributed by atoms with E-state index in [1.54, 1.807) is 7.11 Å². The van der Waals surface area contributed by atoms with Crippen molar-refractivity contribution < 1.29 is 9.53 Å². The molecule has 0 spiro atoms. The zero-order valence-corrected chi connectivity index (χ0v) is 12.6. The Hall–Kier alpha value is -1.03. The third-order valence-corrected chi connectivity index (χ3v) is 3.09. The molecule has 1 amide bonds. The fourth-order valence-corrected chi connectivity index (χ4v) is 2.28. The normalized spacial score (nSPS) is 10.2. The van der Waals surface area contributed by atoms with Gasteiger partial charge in [0.2, 0.25) is 5.91 Å². The molecular weight excluding hydrogens is 294 g/mol. The number of nitrogens with zero attached hydrogens (tertiary/aromatic N) is 1. The quantitative estimate of drug-likeness (QED) is 0.724. The number of carbonyl (C=O) groups excluding carboxylic acids is 1. The van der Waals surface area contributed by atoms with Crippen molar-refractivity contribution in [1.82, 2.24) is 4.90 Å². The van der Waals surface area contributed by atoms with Gasteiger partial charge < -0.3 is 9.64 Å². The zero-order valence-electron chi connectivity index (χ0n) is 11.0. The molecule has 0 fully saturated rings. The first-order valence-corrected chi connectivity index (χ1v) is 7.30. The lowest BCUT2D eigenvalue weighted by molar-refractivity contribution is -0.130. The third-order valence-electron chi connectivity index (χ3n) is 2.73. The fourth-order valence-electron chi connectivity index (χ4n) is 1.86. The van der Waals surface area contributed by atoms with Crippen LogP contribution in [0.25, 0.3) is 0 Å². The summed E-state index contributed by atoms with van der Waals surface area (Å²) in [6.45, 7) is 3.64. The van der Waals surface area contributed by atoms with E-state index in [9.17, 15) is 4.79 Å². The predicted molar refractivity (Wildman–Crippen MR) is 77.4 cm³/mol. The van der Waals surface area contributed by atoms with E-state index in [4.69, 9.17) is 4.74 Å². The number of hydrogen-bond donors (Lipinski definition) is 0. The molecule has 4 heteroatoms. The summed E-state index contributed by atoms with van der Waals surface area (Å²) in [6.07, 6.45) is 1.38. The second-order valence-corrected chi connectivity index (χ2v) is 4.85. The third kappa shape index (κ3) is 4.33. The maximum Gasteiger partial charge on any atom is 0.227 e. The first kappa shape index (κ1) is 15.0. The van der Waals surface area contributed by atoms with E-state index in [-0.39, 0.29) is 5.91 Å². The van der Waals surface area contributed by atoms with Crippen LogP contribution in [0, 0.1) is 0 Å². The molecule has 0 bridgehead atoms. The van der Waals surface area contributed by atoms with Crippen LogP contribution < -0.4 is 4.74 Å². The van der Waals surface area contributed by atoms with E-state index in [0.29, 0.717) is 6.42 Å². The summed E-state index contributed by atoms with van der Waals surface area (Å²) in [6, 6.07) is 7.67. The second-order valence-electron chi connectivity index (χ2n) is 4.06. The number of amides is 1. The number of rotatable bonds is 7. The lowest BCUT2D eigenvalue weighted by atomic mass is 10.1. The van der Waals surface area contributed by atoms with Gasteiger partial charge in [-0.05, 0) is 12.5 Å². The van der Waals surface area contributed by atoms with Crippen LogP contribution in [0.1, 0.15) is 18.9 Å². The van der Waals surface area contributed by atoms with Crippen LogP contribution in [-0.2, 0) is 11.2 Å². The lowest BCUT2D eigenvalue weighted by Crippen LogP contribution is -2.34. The Bertz CT molecular complexity index is 376. The van der Waals surface area contributed by atoms with E-state index in [0.717, 1.165) is 36.2 Å². The van der Waals surface area contributed by atoms with Crippen molar-refractivity contribution in [2.24, 2.45) is 0 Å². The van der Waals surface area contributed by atoms with Crippen molar-refractivity contribution in [3.8, 4) is 5.75 Å². The Balaban J connectivity index is 2.72. The molecule has 0 heterocycles. The maximum atomic E-state index is 12.2. The van der Waals surface area contributed by atoms with Crippen LogP contribution >= 0.6 is 15.9 Å². The fraction of sp³-hybridized carbons (Fsp3) is 0.500. The zero-order chi connectivity index (χ0) is 13.4. The Morgan fingerprint density at radius 3 is 2.67 bits per heavy atom. The van der Waals surface area contributed by atoms with Gasteiger partial charge >= 0.3 is 0 Å². The molecule has 0 aliphatic carbocycles. The second kappa shape index (κ2) is 8.14. The molecular formula is C14H20BrNO2. The minimum atomic E-state index is 0.154. The van der Waals surface area contributed by atoms with Crippen molar-refractivity contribution in [2.75, 3.05) is 25.5 Å². The molecule has 0 aliphatic rings. The van der Waals surface area contributed by atoms with E-state index in [1.807, 2.05) is 29.2 Å². The number of para-hydroxylation sites is 1. The van der Waals surface area contributed by atoms with Crippen LogP contribution in [0.5, 0.6) is 5.75 Å².